The molecule has 0 radical (unpaired) electrons. The molecule has 66 valence electrons. The molecule has 1 aromatic heterocycles. The third-order valence-corrected chi connectivity index (χ3v) is 1.57. The molecule has 0 aromatic carbocycles. The number of amides is 2. The Morgan fingerprint density at radius 1 is 1.83 bits per heavy atom. The van der Waals surface area contributed by atoms with Crippen LogP contribution in [-0.2, 0) is 13.6 Å². The molecule has 12 heavy (non-hydrogen) atoms. The Morgan fingerprint density at radius 3 is 2.92 bits per heavy atom. The fourth-order valence-corrected chi connectivity index (χ4v) is 1.00. The van der Waals surface area contributed by atoms with E-state index in [9.17, 15) is 4.79 Å². The number of urea groups is 1. The van der Waals surface area contributed by atoms with Crippen LogP contribution in [0.3, 0.4) is 0 Å². The second-order valence-electron chi connectivity index (χ2n) is 2.63. The quantitative estimate of drug-likeness (QED) is 0.647. The molecule has 5 heteroatoms. The van der Waals surface area contributed by atoms with E-state index < -0.39 is 6.03 Å². The molecular formula is C7H12N4O. The minimum atomic E-state index is -0.516. The number of carbonyl (C=O) groups is 1. The summed E-state index contributed by atoms with van der Waals surface area (Å²) in [7, 11) is 1.83. The number of aryl methyl sites for hydroxylation is 2. The van der Waals surface area contributed by atoms with E-state index in [1.165, 1.54) is 0 Å². The summed E-state index contributed by atoms with van der Waals surface area (Å²) in [6.07, 6.45) is 1.85. The van der Waals surface area contributed by atoms with Crippen LogP contribution in [0.25, 0.3) is 0 Å². The molecule has 0 fully saturated rings. The Labute approximate surface area is 70.5 Å². The molecule has 1 heterocycles. The Kier molecular flexibility index (Phi) is 2.32. The van der Waals surface area contributed by atoms with Gasteiger partial charge in [0.1, 0.15) is 0 Å². The van der Waals surface area contributed by atoms with Crippen molar-refractivity contribution in [2.45, 2.75) is 13.5 Å². The zero-order valence-electron chi connectivity index (χ0n) is 7.16. The SMILES string of the molecule is Cc1nn(C)cc1CNC(N)=O. The molecule has 0 bridgehead atoms. The van der Waals surface area contributed by atoms with Crippen molar-refractivity contribution in [2.75, 3.05) is 0 Å². The number of aromatic nitrogens is 2. The van der Waals surface area contributed by atoms with E-state index in [0.29, 0.717) is 6.54 Å². The van der Waals surface area contributed by atoms with Crippen LogP contribution in [0.2, 0.25) is 0 Å². The third-order valence-electron chi connectivity index (χ3n) is 1.57. The van der Waals surface area contributed by atoms with E-state index in [1.807, 2.05) is 20.2 Å². The van der Waals surface area contributed by atoms with Crippen molar-refractivity contribution in [3.8, 4) is 0 Å². The summed E-state index contributed by atoms with van der Waals surface area (Å²) in [6.45, 7) is 2.33. The summed E-state index contributed by atoms with van der Waals surface area (Å²) in [5, 5.41) is 6.62. The normalized spacial score (nSPS) is 9.83. The molecule has 0 aliphatic carbocycles. The Hall–Kier alpha value is -1.52. The van der Waals surface area contributed by atoms with Crippen LogP contribution in [0.4, 0.5) is 4.79 Å². The number of carbonyl (C=O) groups excluding carboxylic acids is 1. The molecule has 0 aliphatic rings. The molecule has 3 N–H and O–H groups in total. The first-order valence-corrected chi connectivity index (χ1v) is 3.62. The van der Waals surface area contributed by atoms with Gasteiger partial charge in [0, 0.05) is 25.4 Å². The monoisotopic (exact) mass is 168 g/mol. The van der Waals surface area contributed by atoms with Gasteiger partial charge in [-0.15, -0.1) is 0 Å². The number of nitrogens with zero attached hydrogens (tertiary/aromatic N) is 2. The lowest BCUT2D eigenvalue weighted by molar-refractivity contribution is 0.248. The molecular weight excluding hydrogens is 156 g/mol. The van der Waals surface area contributed by atoms with Crippen LogP contribution in [0.5, 0.6) is 0 Å². The fraction of sp³-hybridized carbons (Fsp3) is 0.429. The van der Waals surface area contributed by atoms with Crippen LogP contribution in [0, 0.1) is 6.92 Å². The van der Waals surface area contributed by atoms with E-state index in [0.717, 1.165) is 11.3 Å². The maximum Gasteiger partial charge on any atom is 0.312 e. The molecule has 0 saturated heterocycles. The zero-order valence-corrected chi connectivity index (χ0v) is 7.16. The van der Waals surface area contributed by atoms with E-state index in [2.05, 4.69) is 10.4 Å². The second kappa shape index (κ2) is 3.25. The van der Waals surface area contributed by atoms with Crippen molar-refractivity contribution in [2.24, 2.45) is 12.8 Å². The summed E-state index contributed by atoms with van der Waals surface area (Å²) in [5.74, 6) is 0. The molecule has 5 nitrogen and oxygen atoms in total. The molecule has 2 amide bonds. The average Bonchev–Trinajstić information content (AvgIpc) is 2.26. The van der Waals surface area contributed by atoms with Crippen molar-refractivity contribution in [1.82, 2.24) is 15.1 Å². The van der Waals surface area contributed by atoms with Gasteiger partial charge in [-0.25, -0.2) is 4.79 Å². The van der Waals surface area contributed by atoms with Crippen molar-refractivity contribution in [3.05, 3.63) is 17.5 Å². The number of nitrogens with two attached hydrogens (primary N) is 1. The van der Waals surface area contributed by atoms with Crippen molar-refractivity contribution < 1.29 is 4.79 Å². The maximum absolute atomic E-state index is 10.4. The smallest absolute Gasteiger partial charge is 0.312 e. The highest BCUT2D eigenvalue weighted by Crippen LogP contribution is 2.02. The van der Waals surface area contributed by atoms with Crippen LogP contribution < -0.4 is 11.1 Å². The summed E-state index contributed by atoms with van der Waals surface area (Å²) in [4.78, 5) is 10.4. The number of hydrogen-bond donors (Lipinski definition) is 2. The van der Waals surface area contributed by atoms with Crippen LogP contribution in [0.15, 0.2) is 6.20 Å². The summed E-state index contributed by atoms with van der Waals surface area (Å²) in [5.41, 5.74) is 6.81. The Balaban J connectivity index is 2.62. The van der Waals surface area contributed by atoms with E-state index >= 15 is 0 Å². The minimum Gasteiger partial charge on any atom is -0.352 e. The van der Waals surface area contributed by atoms with Gasteiger partial charge in [-0.2, -0.15) is 5.10 Å². The minimum absolute atomic E-state index is 0.439. The first kappa shape index (κ1) is 8.58. The lowest BCUT2D eigenvalue weighted by Gasteiger charge is -1.98. The number of nitrogens with one attached hydrogen (secondary N) is 1. The summed E-state index contributed by atoms with van der Waals surface area (Å²) < 4.78 is 1.70. The van der Waals surface area contributed by atoms with Gasteiger partial charge < -0.3 is 11.1 Å². The highest BCUT2D eigenvalue weighted by Gasteiger charge is 2.02. The van der Waals surface area contributed by atoms with Crippen molar-refractivity contribution >= 4 is 6.03 Å². The van der Waals surface area contributed by atoms with E-state index in [4.69, 9.17) is 5.73 Å². The van der Waals surface area contributed by atoms with Crippen LogP contribution in [0.1, 0.15) is 11.3 Å². The molecule has 0 saturated carbocycles. The molecule has 0 atom stereocenters. The zero-order chi connectivity index (χ0) is 9.14. The summed E-state index contributed by atoms with van der Waals surface area (Å²) in [6, 6.07) is -0.516. The average molecular weight is 168 g/mol. The van der Waals surface area contributed by atoms with Crippen LogP contribution in [-0.4, -0.2) is 15.8 Å². The lowest BCUT2D eigenvalue weighted by Crippen LogP contribution is -2.28. The number of primary amides is 1. The highest BCUT2D eigenvalue weighted by atomic mass is 16.2. The summed E-state index contributed by atoms with van der Waals surface area (Å²) >= 11 is 0. The van der Waals surface area contributed by atoms with E-state index in [1.54, 1.807) is 4.68 Å². The van der Waals surface area contributed by atoms with Gasteiger partial charge in [-0.05, 0) is 6.92 Å². The first-order valence-electron chi connectivity index (χ1n) is 3.62. The van der Waals surface area contributed by atoms with Gasteiger partial charge in [0.25, 0.3) is 0 Å². The predicted octanol–water partition coefficient (Wildman–Crippen LogP) is -0.103. The molecule has 0 unspecified atom stereocenters. The van der Waals surface area contributed by atoms with Gasteiger partial charge in [0.15, 0.2) is 0 Å². The van der Waals surface area contributed by atoms with Gasteiger partial charge >= 0.3 is 6.03 Å². The largest absolute Gasteiger partial charge is 0.352 e. The number of rotatable bonds is 2. The van der Waals surface area contributed by atoms with Crippen molar-refractivity contribution in [1.29, 1.82) is 0 Å². The predicted molar refractivity (Wildman–Crippen MR) is 44.4 cm³/mol. The Bertz CT molecular complexity index is 292. The third kappa shape index (κ3) is 1.98. The van der Waals surface area contributed by atoms with Gasteiger partial charge in [0.2, 0.25) is 0 Å². The highest BCUT2D eigenvalue weighted by molar-refractivity contribution is 5.71. The maximum atomic E-state index is 10.4. The molecule has 1 rings (SSSR count). The van der Waals surface area contributed by atoms with E-state index in [-0.39, 0.29) is 0 Å². The van der Waals surface area contributed by atoms with Gasteiger partial charge in [-0.1, -0.05) is 0 Å². The number of hydrogen-bond acceptors (Lipinski definition) is 2. The topological polar surface area (TPSA) is 72.9 Å². The standard InChI is InChI=1S/C7H12N4O/c1-5-6(3-9-7(8)12)4-11(2)10-5/h4H,3H2,1-2H3,(H3,8,9,12). The fourth-order valence-electron chi connectivity index (χ4n) is 1.00. The second-order valence-corrected chi connectivity index (χ2v) is 2.63. The molecule has 1 aromatic rings. The Morgan fingerprint density at radius 2 is 2.50 bits per heavy atom. The van der Waals surface area contributed by atoms with Crippen LogP contribution >= 0.6 is 0 Å². The van der Waals surface area contributed by atoms with Gasteiger partial charge in [0.05, 0.1) is 5.69 Å². The van der Waals surface area contributed by atoms with Gasteiger partial charge in [-0.3, -0.25) is 4.68 Å². The lowest BCUT2D eigenvalue weighted by atomic mass is 10.3. The first-order chi connectivity index (χ1) is 5.59. The molecule has 0 spiro atoms. The van der Waals surface area contributed by atoms with Crippen molar-refractivity contribution in [3.63, 3.8) is 0 Å². The molecule has 0 aliphatic heterocycles.